The Morgan fingerprint density at radius 3 is 2.75 bits per heavy atom. The van der Waals surface area contributed by atoms with Gasteiger partial charge in [0, 0.05) is 18.1 Å². The standard InChI is InChI=1S/C13H14O3/c14-8-2-1-3-10-4-5-11-6-7-13(15)16-12(11)9-10/h4-7,9,14H,1-3,8H2. The fourth-order valence-electron chi connectivity index (χ4n) is 1.70. The molecule has 84 valence electrons. The molecule has 1 heterocycles. The summed E-state index contributed by atoms with van der Waals surface area (Å²) in [6, 6.07) is 9.06. The SMILES string of the molecule is O=c1ccc2ccc(CCCCO)cc2o1. The molecule has 0 aliphatic carbocycles. The highest BCUT2D eigenvalue weighted by Crippen LogP contribution is 2.15. The number of benzene rings is 1. The maximum Gasteiger partial charge on any atom is 0.336 e. The van der Waals surface area contributed by atoms with Crippen LogP contribution >= 0.6 is 0 Å². The van der Waals surface area contributed by atoms with Crippen molar-refractivity contribution in [3.8, 4) is 0 Å². The molecule has 0 aliphatic rings. The zero-order valence-electron chi connectivity index (χ0n) is 8.98. The second-order valence-electron chi connectivity index (χ2n) is 3.81. The zero-order chi connectivity index (χ0) is 11.4. The van der Waals surface area contributed by atoms with Crippen LogP contribution in [0.1, 0.15) is 18.4 Å². The van der Waals surface area contributed by atoms with Gasteiger partial charge in [0.05, 0.1) is 0 Å². The van der Waals surface area contributed by atoms with E-state index in [2.05, 4.69) is 0 Å². The van der Waals surface area contributed by atoms with Crippen LogP contribution in [0.4, 0.5) is 0 Å². The highest BCUT2D eigenvalue weighted by atomic mass is 16.4. The number of unbranched alkanes of at least 4 members (excludes halogenated alkanes) is 1. The zero-order valence-corrected chi connectivity index (χ0v) is 8.98. The van der Waals surface area contributed by atoms with E-state index < -0.39 is 0 Å². The van der Waals surface area contributed by atoms with E-state index in [-0.39, 0.29) is 12.2 Å². The van der Waals surface area contributed by atoms with Gasteiger partial charge >= 0.3 is 5.63 Å². The van der Waals surface area contributed by atoms with Crippen LogP contribution in [0.15, 0.2) is 39.5 Å². The molecule has 0 unspecified atom stereocenters. The van der Waals surface area contributed by atoms with Gasteiger partial charge in [-0.05, 0) is 37.0 Å². The molecule has 0 saturated heterocycles. The van der Waals surface area contributed by atoms with E-state index in [0.29, 0.717) is 5.58 Å². The highest BCUT2D eigenvalue weighted by Gasteiger charge is 1.99. The Balaban J connectivity index is 2.25. The molecule has 0 bridgehead atoms. The monoisotopic (exact) mass is 218 g/mol. The molecule has 0 atom stereocenters. The molecule has 0 amide bonds. The van der Waals surface area contributed by atoms with Gasteiger partial charge < -0.3 is 9.52 Å². The molecule has 1 aromatic carbocycles. The van der Waals surface area contributed by atoms with Crippen LogP contribution < -0.4 is 5.63 Å². The predicted molar refractivity (Wildman–Crippen MR) is 62.5 cm³/mol. The topological polar surface area (TPSA) is 50.4 Å². The van der Waals surface area contributed by atoms with Crippen molar-refractivity contribution < 1.29 is 9.52 Å². The summed E-state index contributed by atoms with van der Waals surface area (Å²) in [5, 5.41) is 9.63. The highest BCUT2D eigenvalue weighted by molar-refractivity contribution is 5.76. The second-order valence-corrected chi connectivity index (χ2v) is 3.81. The largest absolute Gasteiger partial charge is 0.423 e. The third-order valence-electron chi connectivity index (χ3n) is 2.56. The van der Waals surface area contributed by atoms with Gasteiger partial charge in [-0.15, -0.1) is 0 Å². The molecule has 2 rings (SSSR count). The van der Waals surface area contributed by atoms with Gasteiger partial charge in [0.1, 0.15) is 5.58 Å². The molecule has 16 heavy (non-hydrogen) atoms. The van der Waals surface area contributed by atoms with Gasteiger partial charge in [0.2, 0.25) is 0 Å². The van der Waals surface area contributed by atoms with E-state index in [4.69, 9.17) is 9.52 Å². The summed E-state index contributed by atoms with van der Waals surface area (Å²) >= 11 is 0. The molecule has 1 N–H and O–H groups in total. The minimum Gasteiger partial charge on any atom is -0.423 e. The molecule has 3 nitrogen and oxygen atoms in total. The Morgan fingerprint density at radius 2 is 1.94 bits per heavy atom. The maximum atomic E-state index is 11.1. The third-order valence-corrected chi connectivity index (χ3v) is 2.56. The number of aliphatic hydroxyl groups excluding tert-OH is 1. The lowest BCUT2D eigenvalue weighted by Crippen LogP contribution is -1.95. The van der Waals surface area contributed by atoms with Gasteiger partial charge in [-0.1, -0.05) is 12.1 Å². The number of hydrogen-bond donors (Lipinski definition) is 1. The number of aryl methyl sites for hydroxylation is 1. The Bertz CT molecular complexity index is 528. The molecule has 0 fully saturated rings. The molecule has 1 aromatic heterocycles. The maximum absolute atomic E-state index is 11.1. The fourth-order valence-corrected chi connectivity index (χ4v) is 1.70. The molecule has 0 saturated carbocycles. The summed E-state index contributed by atoms with van der Waals surface area (Å²) < 4.78 is 5.10. The Morgan fingerprint density at radius 1 is 1.12 bits per heavy atom. The normalized spacial score (nSPS) is 10.8. The lowest BCUT2D eigenvalue weighted by molar-refractivity contribution is 0.284. The molecule has 3 heteroatoms. The van der Waals surface area contributed by atoms with E-state index in [1.54, 1.807) is 6.07 Å². The summed E-state index contributed by atoms with van der Waals surface area (Å²) in [6.07, 6.45) is 2.64. The minimum absolute atomic E-state index is 0.225. The molecule has 0 aliphatic heterocycles. The van der Waals surface area contributed by atoms with Crippen molar-refractivity contribution in [1.82, 2.24) is 0 Å². The van der Waals surface area contributed by atoms with Crippen molar-refractivity contribution >= 4 is 11.0 Å². The minimum atomic E-state index is -0.319. The quantitative estimate of drug-likeness (QED) is 0.631. The first-order valence-corrected chi connectivity index (χ1v) is 5.43. The van der Waals surface area contributed by atoms with Crippen LogP contribution in [-0.4, -0.2) is 11.7 Å². The van der Waals surface area contributed by atoms with Gasteiger partial charge in [-0.25, -0.2) is 4.79 Å². The van der Waals surface area contributed by atoms with Crippen molar-refractivity contribution in [2.24, 2.45) is 0 Å². The molecule has 0 radical (unpaired) electrons. The van der Waals surface area contributed by atoms with Crippen molar-refractivity contribution in [2.75, 3.05) is 6.61 Å². The van der Waals surface area contributed by atoms with Crippen LogP contribution in [-0.2, 0) is 6.42 Å². The van der Waals surface area contributed by atoms with Gasteiger partial charge in [0.15, 0.2) is 0 Å². The number of hydrogen-bond acceptors (Lipinski definition) is 3. The van der Waals surface area contributed by atoms with E-state index in [0.717, 1.165) is 30.2 Å². The first-order chi connectivity index (χ1) is 7.79. The van der Waals surface area contributed by atoms with Gasteiger partial charge in [-0.3, -0.25) is 0 Å². The molecule has 0 spiro atoms. The van der Waals surface area contributed by atoms with E-state index in [9.17, 15) is 4.79 Å². The average Bonchev–Trinajstić information content (AvgIpc) is 2.29. The summed E-state index contributed by atoms with van der Waals surface area (Å²) in [5.74, 6) is 0. The van der Waals surface area contributed by atoms with Crippen molar-refractivity contribution in [3.63, 3.8) is 0 Å². The lowest BCUT2D eigenvalue weighted by atomic mass is 10.1. The van der Waals surface area contributed by atoms with Crippen molar-refractivity contribution in [1.29, 1.82) is 0 Å². The fraction of sp³-hybridized carbons (Fsp3) is 0.308. The number of fused-ring (bicyclic) bond motifs is 1. The van der Waals surface area contributed by atoms with Crippen molar-refractivity contribution in [3.05, 3.63) is 46.3 Å². The number of rotatable bonds is 4. The van der Waals surface area contributed by atoms with Gasteiger partial charge in [-0.2, -0.15) is 0 Å². The average molecular weight is 218 g/mol. The van der Waals surface area contributed by atoms with Crippen LogP contribution in [0.5, 0.6) is 0 Å². The summed E-state index contributed by atoms with van der Waals surface area (Å²) in [4.78, 5) is 11.1. The summed E-state index contributed by atoms with van der Waals surface area (Å²) in [5.41, 5.74) is 1.45. The second kappa shape index (κ2) is 4.94. The first-order valence-electron chi connectivity index (χ1n) is 5.43. The smallest absolute Gasteiger partial charge is 0.336 e. The summed E-state index contributed by atoms with van der Waals surface area (Å²) in [6.45, 7) is 0.225. The third kappa shape index (κ3) is 2.49. The Labute approximate surface area is 93.3 Å². The lowest BCUT2D eigenvalue weighted by Gasteiger charge is -2.01. The van der Waals surface area contributed by atoms with E-state index in [1.165, 1.54) is 6.07 Å². The first kappa shape index (κ1) is 10.9. The molecular formula is C13H14O3. The number of aliphatic hydroxyl groups is 1. The van der Waals surface area contributed by atoms with E-state index >= 15 is 0 Å². The van der Waals surface area contributed by atoms with Crippen LogP contribution in [0.25, 0.3) is 11.0 Å². The Hall–Kier alpha value is -1.61. The van der Waals surface area contributed by atoms with Crippen LogP contribution in [0, 0.1) is 0 Å². The molecular weight excluding hydrogens is 204 g/mol. The summed E-state index contributed by atoms with van der Waals surface area (Å²) in [7, 11) is 0. The Kier molecular flexibility index (Phi) is 3.37. The van der Waals surface area contributed by atoms with Crippen LogP contribution in [0.2, 0.25) is 0 Å². The van der Waals surface area contributed by atoms with E-state index in [1.807, 2.05) is 18.2 Å². The van der Waals surface area contributed by atoms with Gasteiger partial charge in [0.25, 0.3) is 0 Å². The van der Waals surface area contributed by atoms with Crippen molar-refractivity contribution in [2.45, 2.75) is 19.3 Å². The predicted octanol–water partition coefficient (Wildman–Crippen LogP) is 2.11. The van der Waals surface area contributed by atoms with Crippen LogP contribution in [0.3, 0.4) is 0 Å². The molecule has 2 aromatic rings.